The van der Waals surface area contributed by atoms with E-state index in [1.54, 1.807) is 0 Å². The SMILES string of the molecule is CC1=C(C)C12C(Cl)=C(Cl)C2(Cl)Cl. The third kappa shape index (κ3) is 0.629. The van der Waals surface area contributed by atoms with Crippen molar-refractivity contribution in [2.24, 2.45) is 5.41 Å². The summed E-state index contributed by atoms with van der Waals surface area (Å²) in [6, 6.07) is 0. The van der Waals surface area contributed by atoms with Gasteiger partial charge in [-0.05, 0) is 13.8 Å². The normalized spacial score (nSPS) is 29.5. The van der Waals surface area contributed by atoms with Crippen molar-refractivity contribution >= 4 is 46.4 Å². The van der Waals surface area contributed by atoms with Crippen molar-refractivity contribution in [3.05, 3.63) is 21.2 Å². The first-order chi connectivity index (χ1) is 5.38. The van der Waals surface area contributed by atoms with Gasteiger partial charge in [0, 0.05) is 0 Å². The zero-order valence-corrected chi connectivity index (χ0v) is 9.54. The molecule has 1 spiro atoms. The quantitative estimate of drug-likeness (QED) is 0.442. The van der Waals surface area contributed by atoms with Gasteiger partial charge in [-0.3, -0.25) is 0 Å². The highest BCUT2D eigenvalue weighted by Gasteiger charge is 2.72. The van der Waals surface area contributed by atoms with Crippen LogP contribution in [0.4, 0.5) is 0 Å². The summed E-state index contributed by atoms with van der Waals surface area (Å²) in [6.45, 7) is 3.95. The molecule has 0 aliphatic heterocycles. The molecule has 0 aromatic rings. The lowest BCUT2D eigenvalue weighted by molar-refractivity contribution is 0.557. The monoisotopic (exact) mass is 242 g/mol. The van der Waals surface area contributed by atoms with E-state index >= 15 is 0 Å². The minimum absolute atomic E-state index is 0.365. The van der Waals surface area contributed by atoms with E-state index in [9.17, 15) is 0 Å². The van der Waals surface area contributed by atoms with Crippen LogP contribution in [0, 0.1) is 5.41 Å². The van der Waals surface area contributed by atoms with Gasteiger partial charge in [-0.2, -0.15) is 0 Å². The third-order valence-corrected chi connectivity index (χ3v) is 5.07. The second kappa shape index (κ2) is 2.17. The van der Waals surface area contributed by atoms with Crippen LogP contribution in [0.5, 0.6) is 0 Å². The molecule has 0 saturated carbocycles. The Morgan fingerprint density at radius 3 is 1.50 bits per heavy atom. The van der Waals surface area contributed by atoms with Gasteiger partial charge in [-0.25, -0.2) is 0 Å². The van der Waals surface area contributed by atoms with Crippen molar-refractivity contribution in [2.45, 2.75) is 18.2 Å². The van der Waals surface area contributed by atoms with Crippen LogP contribution < -0.4 is 0 Å². The van der Waals surface area contributed by atoms with Crippen molar-refractivity contribution in [1.82, 2.24) is 0 Å². The van der Waals surface area contributed by atoms with E-state index in [1.165, 1.54) is 0 Å². The maximum atomic E-state index is 6.04. The van der Waals surface area contributed by atoms with E-state index in [1.807, 2.05) is 13.8 Å². The average molecular weight is 244 g/mol. The highest BCUT2D eigenvalue weighted by atomic mass is 35.5. The molecule has 4 heteroatoms. The molecule has 0 aromatic heterocycles. The van der Waals surface area contributed by atoms with Crippen LogP contribution in [0.2, 0.25) is 0 Å². The molecule has 12 heavy (non-hydrogen) atoms. The second-order valence-corrected chi connectivity index (χ2v) is 5.29. The zero-order chi connectivity index (χ0) is 9.31. The molecule has 2 rings (SSSR count). The smallest absolute Gasteiger partial charge is 0.0935 e. The Bertz CT molecular complexity index is 323. The molecule has 0 saturated heterocycles. The zero-order valence-electron chi connectivity index (χ0n) is 6.51. The summed E-state index contributed by atoms with van der Waals surface area (Å²) in [5.74, 6) is 0. The Morgan fingerprint density at radius 1 is 0.917 bits per heavy atom. The first-order valence-electron chi connectivity index (χ1n) is 3.51. The molecule has 0 aromatic carbocycles. The summed E-state index contributed by atoms with van der Waals surface area (Å²) in [5.41, 5.74) is 1.87. The van der Waals surface area contributed by atoms with Crippen LogP contribution in [-0.2, 0) is 0 Å². The van der Waals surface area contributed by atoms with Gasteiger partial charge in [0.15, 0.2) is 4.33 Å². The van der Waals surface area contributed by atoms with Gasteiger partial charge in [0.1, 0.15) is 0 Å². The maximum absolute atomic E-state index is 6.04. The highest BCUT2D eigenvalue weighted by Crippen LogP contribution is 2.77. The van der Waals surface area contributed by atoms with Crippen LogP contribution in [0.15, 0.2) is 21.2 Å². The molecule has 0 amide bonds. The summed E-state index contributed by atoms with van der Waals surface area (Å²) in [5, 5.41) is 0.952. The molecule has 0 fully saturated rings. The Balaban J connectivity index is 2.49. The molecular weight excluding hydrogens is 238 g/mol. The standard InChI is InChI=1S/C8H6Cl4/c1-3-4(2)7(3)5(9)6(10)8(7,11)12/h1-2H3. The summed E-state index contributed by atoms with van der Waals surface area (Å²) in [7, 11) is 0. The summed E-state index contributed by atoms with van der Waals surface area (Å²) in [4.78, 5) is 0. The number of halogens is 4. The molecule has 0 heterocycles. The molecule has 0 bridgehead atoms. The number of hydrogen-bond donors (Lipinski definition) is 0. The van der Waals surface area contributed by atoms with Crippen molar-refractivity contribution in [1.29, 1.82) is 0 Å². The predicted octanol–water partition coefficient (Wildman–Crippen LogP) is 4.20. The van der Waals surface area contributed by atoms with E-state index in [4.69, 9.17) is 46.4 Å². The lowest BCUT2D eigenvalue weighted by atomic mass is 9.82. The van der Waals surface area contributed by atoms with Crippen LogP contribution in [0.1, 0.15) is 13.8 Å². The summed E-state index contributed by atoms with van der Waals surface area (Å²) < 4.78 is -1.01. The fraction of sp³-hybridized carbons (Fsp3) is 0.500. The van der Waals surface area contributed by atoms with Crippen molar-refractivity contribution in [2.75, 3.05) is 0 Å². The lowest BCUT2D eigenvalue weighted by Gasteiger charge is -2.42. The van der Waals surface area contributed by atoms with Crippen LogP contribution in [0.25, 0.3) is 0 Å². The molecule has 0 atom stereocenters. The Morgan fingerprint density at radius 2 is 1.33 bits per heavy atom. The Labute approximate surface area is 91.1 Å². The van der Waals surface area contributed by atoms with Gasteiger partial charge in [0.2, 0.25) is 0 Å². The van der Waals surface area contributed by atoms with E-state index in [0.717, 1.165) is 11.1 Å². The van der Waals surface area contributed by atoms with Gasteiger partial charge < -0.3 is 0 Å². The van der Waals surface area contributed by atoms with Gasteiger partial charge in [0.25, 0.3) is 0 Å². The first-order valence-corrected chi connectivity index (χ1v) is 5.02. The largest absolute Gasteiger partial charge is 0.172 e. The maximum Gasteiger partial charge on any atom is 0.172 e. The Hall–Kier alpha value is 0.640. The minimum Gasteiger partial charge on any atom is -0.0935 e. The summed E-state index contributed by atoms with van der Waals surface area (Å²) in [6.07, 6.45) is 0. The summed E-state index contributed by atoms with van der Waals surface area (Å²) >= 11 is 23.9. The van der Waals surface area contributed by atoms with Crippen LogP contribution in [0.3, 0.4) is 0 Å². The molecule has 0 radical (unpaired) electrons. The minimum atomic E-state index is -1.01. The first kappa shape index (κ1) is 9.21. The van der Waals surface area contributed by atoms with Crippen LogP contribution >= 0.6 is 46.4 Å². The Kier molecular flexibility index (Phi) is 1.66. The van der Waals surface area contributed by atoms with E-state index in [0.29, 0.717) is 10.1 Å². The predicted molar refractivity (Wildman–Crippen MR) is 54.0 cm³/mol. The molecule has 0 N–H and O–H groups in total. The van der Waals surface area contributed by atoms with Crippen molar-refractivity contribution in [3.63, 3.8) is 0 Å². The topological polar surface area (TPSA) is 0 Å². The van der Waals surface area contributed by atoms with Crippen LogP contribution in [-0.4, -0.2) is 4.33 Å². The van der Waals surface area contributed by atoms with Gasteiger partial charge in [0.05, 0.1) is 15.5 Å². The molecule has 2 aliphatic rings. The number of rotatable bonds is 0. The van der Waals surface area contributed by atoms with Gasteiger partial charge in [-0.1, -0.05) is 57.5 Å². The third-order valence-electron chi connectivity index (χ3n) is 2.89. The number of allylic oxidation sites excluding steroid dienone is 4. The van der Waals surface area contributed by atoms with E-state index in [2.05, 4.69) is 0 Å². The molecule has 0 unspecified atom stereocenters. The molecule has 0 nitrogen and oxygen atoms in total. The number of alkyl halides is 2. The van der Waals surface area contributed by atoms with Gasteiger partial charge in [-0.15, -0.1) is 0 Å². The van der Waals surface area contributed by atoms with Crippen molar-refractivity contribution in [3.8, 4) is 0 Å². The fourth-order valence-electron chi connectivity index (χ4n) is 1.91. The average Bonchev–Trinajstić information content (AvgIpc) is 2.56. The fourth-order valence-corrected chi connectivity index (χ4v) is 3.89. The molecule has 66 valence electrons. The van der Waals surface area contributed by atoms with Crippen molar-refractivity contribution < 1.29 is 0 Å². The second-order valence-electron chi connectivity index (χ2n) is 3.20. The van der Waals surface area contributed by atoms with E-state index < -0.39 is 9.75 Å². The highest BCUT2D eigenvalue weighted by molar-refractivity contribution is 6.62. The molecular formula is C8H6Cl4. The van der Waals surface area contributed by atoms with Gasteiger partial charge >= 0.3 is 0 Å². The molecule has 2 aliphatic carbocycles. The lowest BCUT2D eigenvalue weighted by Crippen LogP contribution is -2.42. The number of hydrogen-bond acceptors (Lipinski definition) is 0. The van der Waals surface area contributed by atoms with E-state index in [-0.39, 0.29) is 0 Å².